The molecule has 1 aromatic heterocycles. The lowest BCUT2D eigenvalue weighted by Gasteiger charge is -2.12. The van der Waals surface area contributed by atoms with E-state index >= 15 is 0 Å². The Kier molecular flexibility index (Phi) is 2.42. The van der Waals surface area contributed by atoms with Gasteiger partial charge in [0.2, 0.25) is 0 Å². The average molecular weight is 240 g/mol. The summed E-state index contributed by atoms with van der Waals surface area (Å²) in [5.41, 5.74) is 3.30. The van der Waals surface area contributed by atoms with E-state index in [1.165, 1.54) is 0 Å². The number of likely N-dealkylation sites (N-methyl/N-ethyl adjacent to an activating group) is 1. The average Bonchev–Trinajstić information content (AvgIpc) is 2.63. The molecule has 2 aromatic rings. The van der Waals surface area contributed by atoms with E-state index in [4.69, 9.17) is 4.42 Å². The third-order valence-corrected chi connectivity index (χ3v) is 3.49. The molecule has 0 radical (unpaired) electrons. The molecule has 1 aliphatic heterocycles. The maximum atomic E-state index is 11.1. The molecule has 0 N–H and O–H groups in total. The summed E-state index contributed by atoms with van der Waals surface area (Å²) in [6, 6.07) is 5.77. The van der Waals surface area contributed by atoms with E-state index in [0.717, 1.165) is 35.8 Å². The van der Waals surface area contributed by atoms with E-state index in [-0.39, 0.29) is 0 Å². The molecule has 4 nitrogen and oxygen atoms in total. The van der Waals surface area contributed by atoms with Gasteiger partial charge in [-0.3, -0.25) is 4.79 Å². The van der Waals surface area contributed by atoms with Gasteiger partial charge in [-0.2, -0.15) is 5.26 Å². The van der Waals surface area contributed by atoms with E-state index in [1.54, 1.807) is 12.1 Å². The van der Waals surface area contributed by atoms with Crippen molar-refractivity contribution in [3.05, 3.63) is 34.6 Å². The lowest BCUT2D eigenvalue weighted by molar-refractivity contribution is 0.110. The minimum absolute atomic E-state index is 0.384. The Bertz CT molecular complexity index is 679. The maximum absolute atomic E-state index is 11.1. The van der Waals surface area contributed by atoms with Crippen molar-refractivity contribution < 1.29 is 9.21 Å². The highest BCUT2D eigenvalue weighted by Crippen LogP contribution is 2.33. The molecule has 3 rings (SSSR count). The molecule has 4 heteroatoms. The SMILES string of the molecule is CN1CCc2c(C#N)ccc3oc(C=O)c(c23)C1. The van der Waals surface area contributed by atoms with Gasteiger partial charge in [-0.15, -0.1) is 0 Å². The van der Waals surface area contributed by atoms with Crippen molar-refractivity contribution in [2.45, 2.75) is 13.0 Å². The molecule has 90 valence electrons. The van der Waals surface area contributed by atoms with Crippen LogP contribution in [0.15, 0.2) is 16.5 Å². The third-order valence-electron chi connectivity index (χ3n) is 3.49. The number of nitriles is 1. The molecule has 1 aromatic carbocycles. The first-order chi connectivity index (χ1) is 8.74. The molecule has 0 unspecified atom stereocenters. The molecule has 0 saturated carbocycles. The second-order valence-corrected chi connectivity index (χ2v) is 4.63. The van der Waals surface area contributed by atoms with Crippen molar-refractivity contribution in [2.24, 2.45) is 0 Å². The van der Waals surface area contributed by atoms with Crippen LogP contribution in [-0.2, 0) is 13.0 Å². The summed E-state index contributed by atoms with van der Waals surface area (Å²) in [6.07, 6.45) is 1.56. The summed E-state index contributed by atoms with van der Waals surface area (Å²) in [7, 11) is 2.01. The number of furan rings is 1. The van der Waals surface area contributed by atoms with E-state index in [2.05, 4.69) is 11.0 Å². The quantitative estimate of drug-likeness (QED) is 0.716. The molecule has 0 spiro atoms. The monoisotopic (exact) mass is 240 g/mol. The zero-order valence-corrected chi connectivity index (χ0v) is 10.1. The smallest absolute Gasteiger partial charge is 0.185 e. The van der Waals surface area contributed by atoms with Crippen LogP contribution < -0.4 is 0 Å². The minimum atomic E-state index is 0.384. The topological polar surface area (TPSA) is 57.2 Å². The van der Waals surface area contributed by atoms with Crippen molar-refractivity contribution in [1.82, 2.24) is 4.90 Å². The first-order valence-corrected chi connectivity index (χ1v) is 5.85. The molecule has 0 bridgehead atoms. The van der Waals surface area contributed by atoms with Crippen LogP contribution in [0.4, 0.5) is 0 Å². The zero-order valence-electron chi connectivity index (χ0n) is 10.1. The number of nitrogens with zero attached hydrogens (tertiary/aromatic N) is 2. The first-order valence-electron chi connectivity index (χ1n) is 5.85. The molecule has 0 saturated heterocycles. The van der Waals surface area contributed by atoms with Crippen LogP contribution in [0.2, 0.25) is 0 Å². The zero-order chi connectivity index (χ0) is 12.7. The Hall–Kier alpha value is -2.12. The summed E-state index contributed by atoms with van der Waals surface area (Å²) in [5.74, 6) is 0.384. The molecule has 0 fully saturated rings. The van der Waals surface area contributed by atoms with E-state index in [0.29, 0.717) is 23.5 Å². The fourth-order valence-corrected chi connectivity index (χ4v) is 2.61. The summed E-state index contributed by atoms with van der Waals surface area (Å²) in [4.78, 5) is 13.2. The summed E-state index contributed by atoms with van der Waals surface area (Å²) >= 11 is 0. The van der Waals surface area contributed by atoms with Crippen LogP contribution in [0.5, 0.6) is 0 Å². The highest BCUT2D eigenvalue weighted by Gasteiger charge is 2.23. The Labute approximate surface area is 104 Å². The standard InChI is InChI=1S/C14H12N2O2/c1-16-5-4-10-9(6-15)2-3-12-14(10)11(7-16)13(8-17)18-12/h2-3,8H,4-5,7H2,1H3. The molecule has 0 amide bonds. The minimum Gasteiger partial charge on any atom is -0.453 e. The summed E-state index contributed by atoms with van der Waals surface area (Å²) in [5, 5.41) is 10.1. The molecule has 2 heterocycles. The fraction of sp³-hybridized carbons (Fsp3) is 0.286. The Morgan fingerprint density at radius 2 is 2.28 bits per heavy atom. The van der Waals surface area contributed by atoms with Gasteiger partial charge in [0.05, 0.1) is 11.6 Å². The number of rotatable bonds is 1. The van der Waals surface area contributed by atoms with Crippen LogP contribution >= 0.6 is 0 Å². The molecule has 0 atom stereocenters. The Balaban J connectivity index is 2.41. The largest absolute Gasteiger partial charge is 0.453 e. The predicted octanol–water partition coefficient (Wildman–Crippen LogP) is 2.10. The van der Waals surface area contributed by atoms with Crippen molar-refractivity contribution in [3.63, 3.8) is 0 Å². The normalized spacial score (nSPS) is 15.3. The molecule has 18 heavy (non-hydrogen) atoms. The van der Waals surface area contributed by atoms with Crippen molar-refractivity contribution in [2.75, 3.05) is 13.6 Å². The van der Waals surface area contributed by atoms with Crippen LogP contribution in [0.25, 0.3) is 11.0 Å². The van der Waals surface area contributed by atoms with Crippen LogP contribution in [0.1, 0.15) is 27.2 Å². The van der Waals surface area contributed by atoms with Gasteiger partial charge in [-0.05, 0) is 31.2 Å². The number of benzene rings is 1. The van der Waals surface area contributed by atoms with Gasteiger partial charge in [0.15, 0.2) is 12.0 Å². The van der Waals surface area contributed by atoms with Gasteiger partial charge in [0, 0.05) is 24.0 Å². The van der Waals surface area contributed by atoms with Crippen molar-refractivity contribution in [3.8, 4) is 6.07 Å². The molecule has 0 aliphatic carbocycles. The highest BCUT2D eigenvalue weighted by atomic mass is 16.3. The van der Waals surface area contributed by atoms with Gasteiger partial charge in [-0.25, -0.2) is 0 Å². The second kappa shape index (κ2) is 3.97. The lowest BCUT2D eigenvalue weighted by atomic mass is 9.99. The summed E-state index contributed by atoms with van der Waals surface area (Å²) < 4.78 is 5.56. The first kappa shape index (κ1) is 11.0. The Morgan fingerprint density at radius 1 is 1.44 bits per heavy atom. The van der Waals surface area contributed by atoms with Crippen molar-refractivity contribution in [1.29, 1.82) is 5.26 Å². The Morgan fingerprint density at radius 3 is 3.00 bits per heavy atom. The van der Waals surface area contributed by atoms with Gasteiger partial charge < -0.3 is 9.32 Å². The van der Waals surface area contributed by atoms with Crippen LogP contribution in [0, 0.1) is 11.3 Å². The lowest BCUT2D eigenvalue weighted by Crippen LogP contribution is -2.19. The molecular formula is C14H12N2O2. The molecule has 1 aliphatic rings. The van der Waals surface area contributed by atoms with E-state index in [1.807, 2.05) is 7.05 Å². The second-order valence-electron chi connectivity index (χ2n) is 4.63. The number of hydrogen-bond donors (Lipinski definition) is 0. The van der Waals surface area contributed by atoms with Crippen LogP contribution in [-0.4, -0.2) is 24.8 Å². The van der Waals surface area contributed by atoms with Gasteiger partial charge in [-0.1, -0.05) is 0 Å². The van der Waals surface area contributed by atoms with Crippen LogP contribution in [0.3, 0.4) is 0 Å². The van der Waals surface area contributed by atoms with E-state index < -0.39 is 0 Å². The number of hydrogen-bond acceptors (Lipinski definition) is 4. The number of carbonyl (C=O) groups excluding carboxylic acids is 1. The van der Waals surface area contributed by atoms with Gasteiger partial charge in [0.1, 0.15) is 5.58 Å². The molecular weight excluding hydrogens is 228 g/mol. The number of carbonyl (C=O) groups is 1. The maximum Gasteiger partial charge on any atom is 0.185 e. The fourth-order valence-electron chi connectivity index (χ4n) is 2.61. The van der Waals surface area contributed by atoms with Gasteiger partial charge >= 0.3 is 0 Å². The van der Waals surface area contributed by atoms with Gasteiger partial charge in [0.25, 0.3) is 0 Å². The van der Waals surface area contributed by atoms with Crippen molar-refractivity contribution >= 4 is 17.3 Å². The highest BCUT2D eigenvalue weighted by molar-refractivity contribution is 5.93. The summed E-state index contributed by atoms with van der Waals surface area (Å²) in [6.45, 7) is 1.56. The number of aldehydes is 1. The predicted molar refractivity (Wildman–Crippen MR) is 66.4 cm³/mol. The third kappa shape index (κ3) is 1.45. The van der Waals surface area contributed by atoms with E-state index in [9.17, 15) is 10.1 Å².